The highest BCUT2D eigenvalue weighted by Crippen LogP contribution is 2.35. The van der Waals surface area contributed by atoms with E-state index in [2.05, 4.69) is 0 Å². The third-order valence-electron chi connectivity index (χ3n) is 3.05. The summed E-state index contributed by atoms with van der Waals surface area (Å²) in [6.07, 6.45) is 0. The number of hydrogen-bond donors (Lipinski definition) is 2. The smallest absolute Gasteiger partial charge is 0.308 e. The van der Waals surface area contributed by atoms with E-state index < -0.39 is 11.4 Å². The molecule has 0 heterocycles. The summed E-state index contributed by atoms with van der Waals surface area (Å²) in [7, 11) is 1.49. The topological polar surface area (TPSA) is 81.8 Å². The maximum Gasteiger partial charge on any atom is 0.308 e. The highest BCUT2D eigenvalue weighted by molar-refractivity contribution is 5.70. The maximum absolute atomic E-state index is 11.0. The molecule has 0 spiro atoms. The Balaban J connectivity index is 3.09. The lowest BCUT2D eigenvalue weighted by Crippen LogP contribution is -2.32. The maximum atomic E-state index is 11.0. The van der Waals surface area contributed by atoms with Crippen LogP contribution in [0, 0.1) is 5.41 Å². The van der Waals surface area contributed by atoms with Crippen molar-refractivity contribution in [3.8, 4) is 11.5 Å². The Morgan fingerprint density at radius 1 is 1.42 bits per heavy atom. The van der Waals surface area contributed by atoms with E-state index in [9.17, 15) is 9.90 Å². The summed E-state index contributed by atoms with van der Waals surface area (Å²) in [5.41, 5.74) is 6.50. The van der Waals surface area contributed by atoms with E-state index in [-0.39, 0.29) is 12.6 Å². The van der Waals surface area contributed by atoms with Gasteiger partial charge in [0.05, 0.1) is 7.11 Å². The first-order valence-electron chi connectivity index (χ1n) is 6.04. The third-order valence-corrected chi connectivity index (χ3v) is 3.05. The first-order chi connectivity index (χ1) is 8.81. The van der Waals surface area contributed by atoms with Crippen molar-refractivity contribution in [2.24, 2.45) is 11.1 Å². The van der Waals surface area contributed by atoms with Crippen LogP contribution in [0.4, 0.5) is 0 Å². The van der Waals surface area contributed by atoms with E-state index in [1.165, 1.54) is 14.0 Å². The van der Waals surface area contributed by atoms with Crippen LogP contribution in [0.15, 0.2) is 18.2 Å². The summed E-state index contributed by atoms with van der Waals surface area (Å²) >= 11 is 0. The molecular formula is C14H21NO4. The van der Waals surface area contributed by atoms with Crippen molar-refractivity contribution < 1.29 is 19.4 Å². The van der Waals surface area contributed by atoms with Gasteiger partial charge in [-0.1, -0.05) is 19.9 Å². The van der Waals surface area contributed by atoms with E-state index in [0.717, 1.165) is 5.56 Å². The number of carbonyl (C=O) groups is 1. The molecule has 1 rings (SSSR count). The fourth-order valence-corrected chi connectivity index (χ4v) is 1.67. The quantitative estimate of drug-likeness (QED) is 0.626. The van der Waals surface area contributed by atoms with Gasteiger partial charge in [0.2, 0.25) is 0 Å². The summed E-state index contributed by atoms with van der Waals surface area (Å²) in [4.78, 5) is 11.0. The average molecular weight is 267 g/mol. The molecule has 19 heavy (non-hydrogen) atoms. The van der Waals surface area contributed by atoms with Gasteiger partial charge in [0.1, 0.15) is 0 Å². The van der Waals surface area contributed by atoms with Crippen molar-refractivity contribution in [3.05, 3.63) is 23.8 Å². The minimum Gasteiger partial charge on any atom is -0.493 e. The number of rotatable bonds is 5. The molecule has 0 radical (unpaired) electrons. The Morgan fingerprint density at radius 2 is 2.05 bits per heavy atom. The van der Waals surface area contributed by atoms with Crippen molar-refractivity contribution in [2.45, 2.75) is 26.8 Å². The number of ether oxygens (including phenoxy) is 2. The van der Waals surface area contributed by atoms with E-state index >= 15 is 0 Å². The van der Waals surface area contributed by atoms with Crippen LogP contribution in [-0.2, 0) is 4.79 Å². The standard InChI is InChI=1S/C14H21NO4/c1-9(17)19-11-6-5-10(7-12(11)18-4)13(15)14(2,3)8-16/h5-7,13,16H,8,15H2,1-4H3/t13-/m0/s1. The lowest BCUT2D eigenvalue weighted by molar-refractivity contribution is -0.132. The molecule has 0 aliphatic carbocycles. The van der Waals surface area contributed by atoms with Gasteiger partial charge in [0.25, 0.3) is 0 Å². The lowest BCUT2D eigenvalue weighted by Gasteiger charge is -2.30. The molecule has 5 nitrogen and oxygen atoms in total. The second-order valence-corrected chi connectivity index (χ2v) is 5.13. The van der Waals surface area contributed by atoms with E-state index in [0.29, 0.717) is 11.5 Å². The highest BCUT2D eigenvalue weighted by Gasteiger charge is 2.27. The Hall–Kier alpha value is -1.59. The highest BCUT2D eigenvalue weighted by atomic mass is 16.6. The molecular weight excluding hydrogens is 246 g/mol. The van der Waals surface area contributed by atoms with Crippen molar-refractivity contribution >= 4 is 5.97 Å². The molecule has 1 atom stereocenters. The van der Waals surface area contributed by atoms with Crippen LogP contribution in [0.5, 0.6) is 11.5 Å². The summed E-state index contributed by atoms with van der Waals surface area (Å²) < 4.78 is 10.2. The van der Waals surface area contributed by atoms with E-state index in [1.54, 1.807) is 18.2 Å². The Kier molecular flexibility index (Phi) is 4.91. The van der Waals surface area contributed by atoms with Gasteiger partial charge in [-0.3, -0.25) is 4.79 Å². The van der Waals surface area contributed by atoms with Crippen LogP contribution in [-0.4, -0.2) is 24.8 Å². The molecule has 106 valence electrons. The predicted molar refractivity (Wildman–Crippen MR) is 72.1 cm³/mol. The number of methoxy groups -OCH3 is 1. The summed E-state index contributed by atoms with van der Waals surface area (Å²) in [6, 6.07) is 4.78. The van der Waals surface area contributed by atoms with Gasteiger partial charge in [-0.2, -0.15) is 0 Å². The van der Waals surface area contributed by atoms with Crippen LogP contribution >= 0.6 is 0 Å². The van der Waals surface area contributed by atoms with Crippen molar-refractivity contribution in [1.29, 1.82) is 0 Å². The predicted octanol–water partition coefficient (Wildman–Crippen LogP) is 1.64. The van der Waals surface area contributed by atoms with Gasteiger partial charge in [-0.15, -0.1) is 0 Å². The summed E-state index contributed by atoms with van der Waals surface area (Å²) in [5, 5.41) is 9.35. The number of aliphatic hydroxyl groups excluding tert-OH is 1. The van der Waals surface area contributed by atoms with Crippen LogP contribution in [0.1, 0.15) is 32.4 Å². The normalized spacial score (nSPS) is 12.9. The van der Waals surface area contributed by atoms with Crippen molar-refractivity contribution in [1.82, 2.24) is 0 Å². The molecule has 0 saturated heterocycles. The zero-order chi connectivity index (χ0) is 14.6. The number of aliphatic hydroxyl groups is 1. The van der Waals surface area contributed by atoms with Crippen LogP contribution in [0.25, 0.3) is 0 Å². The van der Waals surface area contributed by atoms with Crippen LogP contribution in [0.2, 0.25) is 0 Å². The van der Waals surface area contributed by atoms with Crippen LogP contribution < -0.4 is 15.2 Å². The molecule has 0 amide bonds. The van der Waals surface area contributed by atoms with Gasteiger partial charge < -0.3 is 20.3 Å². The Labute approximate surface area is 113 Å². The van der Waals surface area contributed by atoms with E-state index in [1.807, 2.05) is 13.8 Å². The zero-order valence-electron chi connectivity index (χ0n) is 11.8. The van der Waals surface area contributed by atoms with Gasteiger partial charge >= 0.3 is 5.97 Å². The van der Waals surface area contributed by atoms with Crippen molar-refractivity contribution in [3.63, 3.8) is 0 Å². The fourth-order valence-electron chi connectivity index (χ4n) is 1.67. The molecule has 0 aliphatic rings. The molecule has 0 saturated carbocycles. The number of hydrogen-bond acceptors (Lipinski definition) is 5. The minimum absolute atomic E-state index is 0.0256. The summed E-state index contributed by atoms with van der Waals surface area (Å²) in [6.45, 7) is 5.06. The number of esters is 1. The first-order valence-corrected chi connectivity index (χ1v) is 6.04. The SMILES string of the molecule is COc1cc([C@H](N)C(C)(C)CO)ccc1OC(C)=O. The number of carbonyl (C=O) groups excluding carboxylic acids is 1. The second-order valence-electron chi connectivity index (χ2n) is 5.13. The second kappa shape index (κ2) is 6.04. The molecule has 0 unspecified atom stereocenters. The monoisotopic (exact) mass is 267 g/mol. The molecule has 0 bridgehead atoms. The first kappa shape index (κ1) is 15.5. The van der Waals surface area contributed by atoms with Gasteiger partial charge in [0, 0.05) is 25.0 Å². The minimum atomic E-state index is -0.450. The Morgan fingerprint density at radius 3 is 2.53 bits per heavy atom. The molecule has 0 aromatic heterocycles. The molecule has 0 fully saturated rings. The number of benzene rings is 1. The molecule has 1 aromatic carbocycles. The lowest BCUT2D eigenvalue weighted by atomic mass is 9.82. The Bertz CT molecular complexity index is 457. The average Bonchev–Trinajstić information content (AvgIpc) is 2.37. The molecule has 0 aliphatic heterocycles. The van der Waals surface area contributed by atoms with Crippen molar-refractivity contribution in [2.75, 3.05) is 13.7 Å². The fraction of sp³-hybridized carbons (Fsp3) is 0.500. The van der Waals surface area contributed by atoms with E-state index in [4.69, 9.17) is 15.2 Å². The summed E-state index contributed by atoms with van der Waals surface area (Å²) in [5.74, 6) is 0.385. The van der Waals surface area contributed by atoms with Gasteiger partial charge in [-0.05, 0) is 17.7 Å². The third kappa shape index (κ3) is 3.68. The molecule has 5 heteroatoms. The zero-order valence-corrected chi connectivity index (χ0v) is 11.8. The van der Waals surface area contributed by atoms with Gasteiger partial charge in [-0.25, -0.2) is 0 Å². The molecule has 1 aromatic rings. The molecule has 3 N–H and O–H groups in total. The number of nitrogens with two attached hydrogens (primary N) is 1. The largest absolute Gasteiger partial charge is 0.493 e. The van der Waals surface area contributed by atoms with Crippen LogP contribution in [0.3, 0.4) is 0 Å². The van der Waals surface area contributed by atoms with Gasteiger partial charge in [0.15, 0.2) is 11.5 Å².